The van der Waals surface area contributed by atoms with Gasteiger partial charge in [-0.05, 0) is 24.6 Å². The van der Waals surface area contributed by atoms with Crippen molar-refractivity contribution >= 4 is 29.1 Å². The Morgan fingerprint density at radius 1 is 1.35 bits per heavy atom. The average molecular weight is 493 g/mol. The normalized spacial score (nSPS) is 21.1. The quantitative estimate of drug-likeness (QED) is 0.565. The number of morpholine rings is 1. The van der Waals surface area contributed by atoms with Crippen molar-refractivity contribution in [2.75, 3.05) is 32.9 Å². The van der Waals surface area contributed by atoms with E-state index in [1.54, 1.807) is 23.4 Å². The zero-order valence-corrected chi connectivity index (χ0v) is 19.0. The van der Waals surface area contributed by atoms with E-state index in [1.165, 1.54) is 17.4 Å². The number of esters is 1. The van der Waals surface area contributed by atoms with Gasteiger partial charge in [0, 0.05) is 30.4 Å². The Morgan fingerprint density at radius 2 is 2.18 bits per heavy atom. The molecule has 3 heterocycles. The fourth-order valence-corrected chi connectivity index (χ4v) is 4.39. The first-order chi connectivity index (χ1) is 16.4. The maximum atomic E-state index is 14.1. The highest BCUT2D eigenvalue weighted by Crippen LogP contribution is 2.34. The van der Waals surface area contributed by atoms with E-state index in [9.17, 15) is 23.5 Å². The van der Waals surface area contributed by atoms with Gasteiger partial charge in [-0.15, -0.1) is 11.3 Å². The number of aliphatic imine (C=N–C) groups is 1. The number of benzene rings is 1. The van der Waals surface area contributed by atoms with Gasteiger partial charge in [0.05, 0.1) is 25.4 Å². The Labute approximate surface area is 197 Å². The first kappa shape index (κ1) is 23.9. The summed E-state index contributed by atoms with van der Waals surface area (Å²) >= 11 is 1.30. The Balaban J connectivity index is 1.82. The molecule has 1 saturated heterocycles. The van der Waals surface area contributed by atoms with Crippen LogP contribution in [0.5, 0.6) is 0 Å². The van der Waals surface area contributed by atoms with Crippen molar-refractivity contribution in [2.45, 2.75) is 19.0 Å². The van der Waals surface area contributed by atoms with Crippen LogP contribution in [0, 0.1) is 11.6 Å². The molecule has 4 rings (SSSR count). The highest BCUT2D eigenvalue weighted by atomic mass is 32.1. The van der Waals surface area contributed by atoms with Crippen molar-refractivity contribution < 1.29 is 33.0 Å². The van der Waals surface area contributed by atoms with Crippen molar-refractivity contribution in [1.29, 1.82) is 0 Å². The number of carboxylic acids is 1. The van der Waals surface area contributed by atoms with Crippen LogP contribution in [0.3, 0.4) is 0 Å². The molecule has 2 aromatic rings. The van der Waals surface area contributed by atoms with Gasteiger partial charge in [0.1, 0.15) is 12.1 Å². The van der Waals surface area contributed by atoms with Crippen LogP contribution in [-0.2, 0) is 19.1 Å². The average Bonchev–Trinajstić information content (AvgIpc) is 3.36. The van der Waals surface area contributed by atoms with Crippen molar-refractivity contribution in [3.8, 4) is 0 Å². The molecular weight excluding hydrogens is 470 g/mol. The second-order valence-electron chi connectivity index (χ2n) is 7.53. The SMILES string of the molecule is CCOC(=O)C1=C(CN2CCOCC2C(=O)O)NC(c2nccs2)=NC1c1ccc(F)c(F)c1. The number of nitrogens with zero attached hydrogens (tertiary/aromatic N) is 3. The zero-order valence-electron chi connectivity index (χ0n) is 18.2. The third-order valence-electron chi connectivity index (χ3n) is 5.40. The lowest BCUT2D eigenvalue weighted by Crippen LogP contribution is -2.52. The fraction of sp³-hybridized carbons (Fsp3) is 0.364. The minimum atomic E-state index is -1.08. The number of aliphatic carboxylic acids is 1. The first-order valence-electron chi connectivity index (χ1n) is 10.5. The summed E-state index contributed by atoms with van der Waals surface area (Å²) < 4.78 is 38.3. The molecule has 2 atom stereocenters. The van der Waals surface area contributed by atoms with E-state index in [-0.39, 0.29) is 30.9 Å². The Bertz CT molecular complexity index is 1140. The second kappa shape index (κ2) is 10.4. The molecule has 1 aromatic heterocycles. The molecule has 0 aliphatic carbocycles. The fourth-order valence-electron chi connectivity index (χ4n) is 3.80. The highest BCUT2D eigenvalue weighted by molar-refractivity contribution is 7.11. The summed E-state index contributed by atoms with van der Waals surface area (Å²) in [6.45, 7) is 2.41. The minimum absolute atomic E-state index is 0.00260. The molecule has 0 saturated carbocycles. The number of rotatable bonds is 7. The largest absolute Gasteiger partial charge is 0.480 e. The van der Waals surface area contributed by atoms with Gasteiger partial charge in [0.2, 0.25) is 0 Å². The van der Waals surface area contributed by atoms with Crippen LogP contribution in [0.1, 0.15) is 23.5 Å². The predicted molar refractivity (Wildman–Crippen MR) is 118 cm³/mol. The molecule has 1 fully saturated rings. The van der Waals surface area contributed by atoms with Crippen LogP contribution in [0.15, 0.2) is 46.0 Å². The van der Waals surface area contributed by atoms with E-state index in [1.807, 2.05) is 0 Å². The molecule has 0 bridgehead atoms. The summed E-state index contributed by atoms with van der Waals surface area (Å²) in [5.41, 5.74) is 0.678. The molecule has 34 heavy (non-hydrogen) atoms. The molecule has 12 heteroatoms. The van der Waals surface area contributed by atoms with E-state index in [2.05, 4.69) is 15.3 Å². The van der Waals surface area contributed by atoms with Gasteiger partial charge in [-0.1, -0.05) is 6.07 Å². The number of carbonyl (C=O) groups is 2. The predicted octanol–water partition coefficient (Wildman–Crippen LogP) is 2.12. The molecule has 0 amide bonds. The van der Waals surface area contributed by atoms with Crippen LogP contribution in [0.2, 0.25) is 0 Å². The number of thiazole rings is 1. The molecule has 2 N–H and O–H groups in total. The summed E-state index contributed by atoms with van der Waals surface area (Å²) in [5.74, 6) is -3.53. The molecule has 9 nitrogen and oxygen atoms in total. The van der Waals surface area contributed by atoms with Gasteiger partial charge in [0.15, 0.2) is 22.5 Å². The number of carboxylic acid groups (broad SMARTS) is 1. The van der Waals surface area contributed by atoms with E-state index in [4.69, 9.17) is 9.47 Å². The van der Waals surface area contributed by atoms with Crippen molar-refractivity contribution in [1.82, 2.24) is 15.2 Å². The third kappa shape index (κ3) is 4.98. The second-order valence-corrected chi connectivity index (χ2v) is 8.42. The van der Waals surface area contributed by atoms with Crippen molar-refractivity contribution in [3.63, 3.8) is 0 Å². The van der Waals surface area contributed by atoms with Gasteiger partial charge >= 0.3 is 11.9 Å². The number of hydrogen-bond acceptors (Lipinski definition) is 9. The van der Waals surface area contributed by atoms with E-state index < -0.39 is 35.7 Å². The highest BCUT2D eigenvalue weighted by Gasteiger charge is 2.36. The van der Waals surface area contributed by atoms with Crippen LogP contribution >= 0.6 is 11.3 Å². The monoisotopic (exact) mass is 492 g/mol. The number of hydrogen-bond donors (Lipinski definition) is 2. The van der Waals surface area contributed by atoms with Crippen LogP contribution in [-0.4, -0.2) is 71.7 Å². The topological polar surface area (TPSA) is 113 Å². The molecule has 180 valence electrons. The molecule has 1 aromatic carbocycles. The van der Waals surface area contributed by atoms with E-state index in [0.29, 0.717) is 29.7 Å². The molecule has 2 aliphatic heterocycles. The maximum absolute atomic E-state index is 14.1. The molecule has 2 aliphatic rings. The number of ether oxygens (including phenoxy) is 2. The summed E-state index contributed by atoms with van der Waals surface area (Å²) in [7, 11) is 0. The lowest BCUT2D eigenvalue weighted by Gasteiger charge is -2.35. The van der Waals surface area contributed by atoms with Gasteiger partial charge in [0.25, 0.3) is 0 Å². The van der Waals surface area contributed by atoms with Gasteiger partial charge < -0.3 is 19.9 Å². The standard InChI is InChI=1S/C22H22F2N4O5S/c1-2-33-22(31)17-15(10-28-6-7-32-11-16(28)21(29)30)26-19(20-25-5-8-34-20)27-18(17)12-3-4-13(23)14(24)9-12/h3-5,8-9,16,18H,2,6-7,10-11H2,1H3,(H,26,27)(H,29,30). The van der Waals surface area contributed by atoms with Gasteiger partial charge in [-0.2, -0.15) is 0 Å². The number of carbonyl (C=O) groups excluding carboxylic acids is 1. The number of nitrogens with one attached hydrogen (secondary N) is 1. The number of amidine groups is 1. The summed E-state index contributed by atoms with van der Waals surface area (Å²) in [5, 5.41) is 15.0. The lowest BCUT2D eigenvalue weighted by atomic mass is 9.95. The Morgan fingerprint density at radius 3 is 2.85 bits per heavy atom. The van der Waals surface area contributed by atoms with Gasteiger partial charge in [-0.3, -0.25) is 14.7 Å². The van der Waals surface area contributed by atoms with Crippen LogP contribution in [0.25, 0.3) is 0 Å². The van der Waals surface area contributed by atoms with Crippen LogP contribution in [0.4, 0.5) is 8.78 Å². The molecule has 0 radical (unpaired) electrons. The first-order valence-corrected chi connectivity index (χ1v) is 11.4. The zero-order chi connectivity index (χ0) is 24.2. The van der Waals surface area contributed by atoms with Gasteiger partial charge in [-0.25, -0.2) is 18.6 Å². The minimum Gasteiger partial charge on any atom is -0.480 e. The van der Waals surface area contributed by atoms with Crippen LogP contribution < -0.4 is 5.32 Å². The summed E-state index contributed by atoms with van der Waals surface area (Å²) in [6.07, 6.45) is 1.59. The molecule has 2 unspecified atom stereocenters. The van der Waals surface area contributed by atoms with Crippen molar-refractivity contribution in [2.24, 2.45) is 4.99 Å². The maximum Gasteiger partial charge on any atom is 0.338 e. The molecule has 0 spiro atoms. The molecular formula is C22H22F2N4O5S. The van der Waals surface area contributed by atoms with E-state index in [0.717, 1.165) is 12.1 Å². The summed E-state index contributed by atoms with van der Waals surface area (Å²) in [6, 6.07) is 1.36. The number of aromatic nitrogens is 1. The smallest absolute Gasteiger partial charge is 0.338 e. The van der Waals surface area contributed by atoms with Crippen molar-refractivity contribution in [3.05, 3.63) is 63.3 Å². The van der Waals surface area contributed by atoms with E-state index >= 15 is 0 Å². The summed E-state index contributed by atoms with van der Waals surface area (Å²) in [4.78, 5) is 35.4. The Kier molecular flexibility index (Phi) is 7.29. The lowest BCUT2D eigenvalue weighted by molar-refractivity contribution is -0.149. The number of halogens is 2. The third-order valence-corrected chi connectivity index (χ3v) is 6.18. The Hall–Kier alpha value is -3.22.